The molecule has 9 nitrogen and oxygen atoms in total. The number of nitrogens with zero attached hydrogens (tertiary/aromatic N) is 4. The Bertz CT molecular complexity index is 774. The number of hydrogen-bond acceptors (Lipinski definition) is 7. The molecule has 0 aliphatic carbocycles. The number of nitro groups is 1. The van der Waals surface area contributed by atoms with E-state index in [0.717, 1.165) is 25.5 Å². The van der Waals surface area contributed by atoms with Gasteiger partial charge in [-0.3, -0.25) is 15.0 Å². The van der Waals surface area contributed by atoms with Crippen LogP contribution in [0.4, 0.5) is 11.4 Å². The zero-order chi connectivity index (χ0) is 17.9. The van der Waals surface area contributed by atoms with Crippen LogP contribution in [0.5, 0.6) is 0 Å². The van der Waals surface area contributed by atoms with Gasteiger partial charge in [-0.25, -0.2) is 13.6 Å². The molecule has 1 saturated heterocycles. The highest BCUT2D eigenvalue weighted by molar-refractivity contribution is 7.89. The number of anilines is 1. The van der Waals surface area contributed by atoms with Crippen molar-refractivity contribution in [2.24, 2.45) is 5.14 Å². The number of benzene rings is 1. The number of sulfonamides is 1. The van der Waals surface area contributed by atoms with Gasteiger partial charge in [0.25, 0.3) is 5.69 Å². The molecule has 0 aromatic heterocycles. The first kappa shape index (κ1) is 18.1. The van der Waals surface area contributed by atoms with Crippen molar-refractivity contribution in [3.63, 3.8) is 0 Å². The number of nitrogens with two attached hydrogens (primary N) is 1. The SMILES string of the molecule is CN(c1ccc(S(N)(=O)=O)cc1[N+](=O)[O-])C1CCCN(CC#N)C1. The van der Waals surface area contributed by atoms with Crippen molar-refractivity contribution >= 4 is 21.4 Å². The lowest BCUT2D eigenvalue weighted by molar-refractivity contribution is -0.384. The predicted molar refractivity (Wildman–Crippen MR) is 87.9 cm³/mol. The first-order valence-corrected chi connectivity index (χ1v) is 8.92. The van der Waals surface area contributed by atoms with Gasteiger partial charge in [0.1, 0.15) is 5.69 Å². The molecule has 1 heterocycles. The van der Waals surface area contributed by atoms with Crippen LogP contribution in [0.25, 0.3) is 0 Å². The fraction of sp³-hybridized carbons (Fsp3) is 0.500. The maximum absolute atomic E-state index is 11.4. The van der Waals surface area contributed by atoms with Gasteiger partial charge in [-0.05, 0) is 31.5 Å². The van der Waals surface area contributed by atoms with E-state index in [0.29, 0.717) is 18.8 Å². The number of nitro benzene ring substituents is 1. The molecular formula is C14H19N5O4S. The molecule has 1 aliphatic heterocycles. The van der Waals surface area contributed by atoms with Gasteiger partial charge in [-0.1, -0.05) is 0 Å². The summed E-state index contributed by atoms with van der Waals surface area (Å²) in [5, 5.41) is 25.2. The fourth-order valence-corrected chi connectivity index (χ4v) is 3.45. The summed E-state index contributed by atoms with van der Waals surface area (Å²) < 4.78 is 22.8. The van der Waals surface area contributed by atoms with Gasteiger partial charge in [0, 0.05) is 25.7 Å². The fourth-order valence-electron chi connectivity index (χ4n) is 2.91. The molecule has 0 radical (unpaired) electrons. The summed E-state index contributed by atoms with van der Waals surface area (Å²) in [6.07, 6.45) is 1.73. The quantitative estimate of drug-likeness (QED) is 0.467. The largest absolute Gasteiger partial charge is 0.365 e. The topological polar surface area (TPSA) is 134 Å². The van der Waals surface area contributed by atoms with E-state index in [1.54, 1.807) is 11.9 Å². The average Bonchev–Trinajstić information content (AvgIpc) is 2.53. The Balaban J connectivity index is 2.33. The summed E-state index contributed by atoms with van der Waals surface area (Å²) in [5.74, 6) is 0. The summed E-state index contributed by atoms with van der Waals surface area (Å²) in [5.41, 5.74) is 0.0256. The molecule has 24 heavy (non-hydrogen) atoms. The summed E-state index contributed by atoms with van der Waals surface area (Å²) in [4.78, 5) is 14.2. The van der Waals surface area contributed by atoms with E-state index in [1.807, 2.05) is 4.90 Å². The predicted octanol–water partition coefficient (Wildman–Crippen LogP) is 0.666. The van der Waals surface area contributed by atoms with Gasteiger partial charge in [-0.15, -0.1) is 0 Å². The van der Waals surface area contributed by atoms with E-state index in [-0.39, 0.29) is 16.6 Å². The van der Waals surface area contributed by atoms with Crippen LogP contribution in [0, 0.1) is 21.4 Å². The monoisotopic (exact) mass is 353 g/mol. The van der Waals surface area contributed by atoms with Crippen molar-refractivity contribution in [3.8, 4) is 6.07 Å². The molecule has 0 spiro atoms. The first-order chi connectivity index (χ1) is 11.2. The van der Waals surface area contributed by atoms with Gasteiger partial charge in [0.15, 0.2) is 0 Å². The minimum absolute atomic E-state index is 0.00568. The summed E-state index contributed by atoms with van der Waals surface area (Å²) in [6.45, 7) is 1.76. The Morgan fingerprint density at radius 2 is 2.25 bits per heavy atom. The molecule has 2 N–H and O–H groups in total. The normalized spacial score (nSPS) is 18.8. The highest BCUT2D eigenvalue weighted by atomic mass is 32.2. The molecule has 130 valence electrons. The van der Waals surface area contributed by atoms with E-state index in [9.17, 15) is 18.5 Å². The Labute approximate surface area is 140 Å². The Hall–Kier alpha value is -2.22. The highest BCUT2D eigenvalue weighted by Gasteiger charge is 2.28. The van der Waals surface area contributed by atoms with E-state index in [4.69, 9.17) is 10.4 Å². The van der Waals surface area contributed by atoms with Gasteiger partial charge in [0.05, 0.1) is 22.4 Å². The molecule has 1 aromatic rings. The number of primary sulfonamides is 1. The van der Waals surface area contributed by atoms with E-state index >= 15 is 0 Å². The van der Waals surface area contributed by atoms with Crippen LogP contribution < -0.4 is 10.0 Å². The van der Waals surface area contributed by atoms with Crippen LogP contribution >= 0.6 is 0 Å². The second-order valence-electron chi connectivity index (χ2n) is 5.75. The Morgan fingerprint density at radius 3 is 2.83 bits per heavy atom. The Morgan fingerprint density at radius 1 is 1.54 bits per heavy atom. The highest BCUT2D eigenvalue weighted by Crippen LogP contribution is 2.32. The van der Waals surface area contributed by atoms with Gasteiger partial charge >= 0.3 is 0 Å². The van der Waals surface area contributed by atoms with Crippen LogP contribution in [-0.2, 0) is 10.0 Å². The number of likely N-dealkylation sites (N-methyl/N-ethyl adjacent to an activating group) is 1. The smallest absolute Gasteiger partial charge is 0.293 e. The zero-order valence-corrected chi connectivity index (χ0v) is 14.1. The third kappa shape index (κ3) is 4.00. The molecule has 0 bridgehead atoms. The van der Waals surface area contributed by atoms with E-state index in [1.165, 1.54) is 12.1 Å². The molecule has 1 unspecified atom stereocenters. The van der Waals surface area contributed by atoms with Crippen molar-refractivity contribution in [2.45, 2.75) is 23.8 Å². The number of nitriles is 1. The van der Waals surface area contributed by atoms with Gasteiger partial charge in [0.2, 0.25) is 10.0 Å². The Kier molecular flexibility index (Phi) is 5.38. The van der Waals surface area contributed by atoms with Crippen LogP contribution in [0.15, 0.2) is 23.1 Å². The molecule has 2 rings (SSSR count). The minimum Gasteiger partial charge on any atom is -0.365 e. The zero-order valence-electron chi connectivity index (χ0n) is 13.3. The van der Waals surface area contributed by atoms with Crippen LogP contribution in [-0.4, -0.2) is 51.0 Å². The average molecular weight is 353 g/mol. The number of likely N-dealkylation sites (tertiary alicyclic amines) is 1. The van der Waals surface area contributed by atoms with E-state index < -0.39 is 14.9 Å². The third-order valence-corrected chi connectivity index (χ3v) is 5.09. The van der Waals surface area contributed by atoms with Crippen LogP contribution in [0.3, 0.4) is 0 Å². The third-order valence-electron chi connectivity index (χ3n) is 4.17. The number of piperidine rings is 1. The van der Waals surface area contributed by atoms with E-state index in [2.05, 4.69) is 6.07 Å². The molecule has 1 fully saturated rings. The van der Waals surface area contributed by atoms with Crippen LogP contribution in [0.1, 0.15) is 12.8 Å². The first-order valence-electron chi connectivity index (χ1n) is 7.37. The molecule has 0 amide bonds. The van der Waals surface area contributed by atoms with Crippen molar-refractivity contribution in [1.82, 2.24) is 4.90 Å². The van der Waals surface area contributed by atoms with Crippen molar-refractivity contribution < 1.29 is 13.3 Å². The second-order valence-corrected chi connectivity index (χ2v) is 7.31. The van der Waals surface area contributed by atoms with Crippen molar-refractivity contribution in [1.29, 1.82) is 5.26 Å². The lowest BCUT2D eigenvalue weighted by atomic mass is 10.0. The summed E-state index contributed by atoms with van der Waals surface area (Å²) >= 11 is 0. The lowest BCUT2D eigenvalue weighted by Gasteiger charge is -2.37. The lowest BCUT2D eigenvalue weighted by Crippen LogP contribution is -2.46. The number of hydrogen-bond donors (Lipinski definition) is 1. The second kappa shape index (κ2) is 7.12. The standard InChI is InChI=1S/C14H19N5O4S/c1-17(11-3-2-7-18(10-11)8-6-15)13-5-4-12(24(16,22)23)9-14(13)19(20)21/h4-5,9,11H,2-3,7-8,10H2,1H3,(H2,16,22,23). The van der Waals surface area contributed by atoms with Crippen molar-refractivity contribution in [2.75, 3.05) is 31.6 Å². The summed E-state index contributed by atoms with van der Waals surface area (Å²) in [6, 6.07) is 5.77. The maximum atomic E-state index is 11.4. The minimum atomic E-state index is -4.01. The molecule has 1 aromatic carbocycles. The van der Waals surface area contributed by atoms with Crippen LogP contribution in [0.2, 0.25) is 0 Å². The molecule has 0 saturated carbocycles. The molecule has 10 heteroatoms. The summed E-state index contributed by atoms with van der Waals surface area (Å²) in [7, 11) is -2.27. The van der Waals surface area contributed by atoms with Gasteiger partial charge in [-0.2, -0.15) is 5.26 Å². The molecule has 1 aliphatic rings. The van der Waals surface area contributed by atoms with Gasteiger partial charge < -0.3 is 4.90 Å². The maximum Gasteiger partial charge on any atom is 0.293 e. The molecular weight excluding hydrogens is 334 g/mol. The molecule has 1 atom stereocenters. The number of rotatable bonds is 5. The van der Waals surface area contributed by atoms with Crippen molar-refractivity contribution in [3.05, 3.63) is 28.3 Å².